The maximum absolute atomic E-state index is 13.2. The normalized spacial score (nSPS) is 16.2. The van der Waals surface area contributed by atoms with Gasteiger partial charge in [-0.2, -0.15) is 0 Å². The average molecular weight is 475 g/mol. The zero-order valence-electron chi connectivity index (χ0n) is 17.9. The molecule has 1 amide bonds. The van der Waals surface area contributed by atoms with Gasteiger partial charge in [0.05, 0.1) is 22.9 Å². The second-order valence-electron chi connectivity index (χ2n) is 7.95. The van der Waals surface area contributed by atoms with E-state index in [0.29, 0.717) is 13.0 Å². The van der Waals surface area contributed by atoms with E-state index >= 15 is 0 Å². The minimum absolute atomic E-state index is 0.0999. The summed E-state index contributed by atoms with van der Waals surface area (Å²) in [6.45, 7) is 5.58. The monoisotopic (exact) mass is 474 g/mol. The molecule has 1 fully saturated rings. The van der Waals surface area contributed by atoms with E-state index < -0.39 is 0 Å². The van der Waals surface area contributed by atoms with Crippen molar-refractivity contribution in [2.75, 3.05) is 23.8 Å². The molecule has 31 heavy (non-hydrogen) atoms. The molecule has 4 nitrogen and oxygen atoms in total. The average Bonchev–Trinajstić information content (AvgIpc) is 3.40. The molecule has 0 N–H and O–H groups in total. The van der Waals surface area contributed by atoms with Crippen LogP contribution in [0, 0.1) is 13.8 Å². The van der Waals surface area contributed by atoms with Gasteiger partial charge in [-0.3, -0.25) is 9.69 Å². The number of amides is 1. The van der Waals surface area contributed by atoms with Gasteiger partial charge in [0.1, 0.15) is 0 Å². The largest absolute Gasteiger partial charge is 0.376 e. The van der Waals surface area contributed by atoms with Gasteiger partial charge >= 0.3 is 0 Å². The fourth-order valence-corrected chi connectivity index (χ4v) is 5.69. The van der Waals surface area contributed by atoms with Crippen LogP contribution < -0.4 is 4.90 Å². The smallest absolute Gasteiger partial charge is 0.228 e. The van der Waals surface area contributed by atoms with Crippen molar-refractivity contribution in [1.29, 1.82) is 0 Å². The Morgan fingerprint density at radius 1 is 1.26 bits per heavy atom. The maximum Gasteiger partial charge on any atom is 0.228 e. The number of carbonyl (C=O) groups excluding carboxylic acids is 1. The molecule has 1 unspecified atom stereocenters. The van der Waals surface area contributed by atoms with Gasteiger partial charge in [-0.1, -0.05) is 22.9 Å². The van der Waals surface area contributed by atoms with Gasteiger partial charge in [0.2, 0.25) is 5.91 Å². The van der Waals surface area contributed by atoms with Crippen LogP contribution in [0.5, 0.6) is 0 Å². The lowest BCUT2D eigenvalue weighted by Gasteiger charge is -2.23. The molecule has 0 aliphatic carbocycles. The molecular weight excluding hydrogens is 448 g/mol. The molecule has 1 aliphatic heterocycles. The van der Waals surface area contributed by atoms with Gasteiger partial charge in [0.15, 0.2) is 5.13 Å². The molecule has 4 rings (SSSR count). The van der Waals surface area contributed by atoms with Gasteiger partial charge in [-0.05, 0) is 86.4 Å². The summed E-state index contributed by atoms with van der Waals surface area (Å²) >= 11 is 9.30. The number of carbonyl (C=O) groups is 1. The summed E-state index contributed by atoms with van der Waals surface area (Å²) in [5, 5.41) is 1.52. The quantitative estimate of drug-likeness (QED) is 0.270. The Morgan fingerprint density at radius 3 is 2.77 bits per heavy atom. The third-order valence-electron chi connectivity index (χ3n) is 5.55. The SMILES string of the molecule is Cc1cc2nc(N(CC3CCCO3)C(=O)CCCSc3ccc(Cl)cc3)sc2cc1C. The molecule has 1 aliphatic rings. The topological polar surface area (TPSA) is 42.4 Å². The van der Waals surface area contributed by atoms with E-state index in [4.69, 9.17) is 21.3 Å². The summed E-state index contributed by atoms with van der Waals surface area (Å²) in [6, 6.07) is 12.1. The molecule has 1 atom stereocenters. The number of aryl methyl sites for hydroxylation is 2. The van der Waals surface area contributed by atoms with Crippen LogP contribution in [-0.4, -0.2) is 35.9 Å². The predicted octanol–water partition coefficient (Wildman–Crippen LogP) is 6.65. The number of anilines is 1. The zero-order valence-corrected chi connectivity index (χ0v) is 20.3. The van der Waals surface area contributed by atoms with E-state index in [1.54, 1.807) is 23.1 Å². The number of nitrogens with zero attached hydrogens (tertiary/aromatic N) is 2. The number of aromatic nitrogens is 1. The van der Waals surface area contributed by atoms with Crippen molar-refractivity contribution in [3.63, 3.8) is 0 Å². The molecule has 7 heteroatoms. The van der Waals surface area contributed by atoms with Crippen molar-refractivity contribution in [2.45, 2.75) is 50.5 Å². The fraction of sp³-hybridized carbons (Fsp3) is 0.417. The minimum Gasteiger partial charge on any atom is -0.376 e. The van der Waals surface area contributed by atoms with Gasteiger partial charge in [0, 0.05) is 22.9 Å². The Labute approximate surface area is 196 Å². The molecule has 2 aromatic carbocycles. The van der Waals surface area contributed by atoms with Crippen LogP contribution in [-0.2, 0) is 9.53 Å². The lowest BCUT2D eigenvalue weighted by Crippen LogP contribution is -2.37. The molecule has 1 saturated heterocycles. The fourth-order valence-electron chi connectivity index (χ4n) is 3.64. The zero-order chi connectivity index (χ0) is 21.8. The first kappa shape index (κ1) is 22.6. The molecule has 0 radical (unpaired) electrons. The number of benzene rings is 2. The molecule has 0 spiro atoms. The number of thioether (sulfide) groups is 1. The summed E-state index contributed by atoms with van der Waals surface area (Å²) in [4.78, 5) is 21.1. The second kappa shape index (κ2) is 10.3. The van der Waals surface area contributed by atoms with Crippen LogP contribution in [0.25, 0.3) is 10.2 Å². The Morgan fingerprint density at radius 2 is 2.03 bits per heavy atom. The van der Waals surface area contributed by atoms with Crippen molar-refractivity contribution in [1.82, 2.24) is 4.98 Å². The van der Waals surface area contributed by atoms with E-state index in [9.17, 15) is 4.79 Å². The first-order chi connectivity index (χ1) is 15.0. The van der Waals surface area contributed by atoms with Crippen LogP contribution in [0.2, 0.25) is 5.02 Å². The summed E-state index contributed by atoms with van der Waals surface area (Å²) in [6.07, 6.45) is 3.48. The minimum atomic E-state index is 0.0999. The standard InChI is InChI=1S/C24H27ClN2O2S2/c1-16-13-21-22(14-17(16)2)31-24(26-21)27(15-19-5-3-11-29-19)23(28)6-4-12-30-20-9-7-18(25)8-10-20/h7-10,13-14,19H,3-6,11-12,15H2,1-2H3. The van der Waals surface area contributed by atoms with Gasteiger partial charge in [-0.25, -0.2) is 4.98 Å². The van der Waals surface area contributed by atoms with Crippen molar-refractivity contribution in [3.8, 4) is 0 Å². The molecule has 164 valence electrons. The first-order valence-corrected chi connectivity index (χ1v) is 12.9. The van der Waals surface area contributed by atoms with Crippen LogP contribution in [0.3, 0.4) is 0 Å². The Kier molecular flexibility index (Phi) is 7.54. The van der Waals surface area contributed by atoms with E-state index in [1.165, 1.54) is 16.0 Å². The number of thiazole rings is 1. The molecule has 2 heterocycles. The number of hydrogen-bond acceptors (Lipinski definition) is 5. The van der Waals surface area contributed by atoms with Crippen molar-refractivity contribution in [2.24, 2.45) is 0 Å². The predicted molar refractivity (Wildman–Crippen MR) is 132 cm³/mol. The van der Waals surface area contributed by atoms with Gasteiger partial charge < -0.3 is 4.74 Å². The summed E-state index contributed by atoms with van der Waals surface area (Å²) < 4.78 is 6.95. The van der Waals surface area contributed by atoms with Crippen molar-refractivity contribution >= 4 is 56.0 Å². The molecule has 0 bridgehead atoms. The first-order valence-electron chi connectivity index (χ1n) is 10.7. The maximum atomic E-state index is 13.2. The van der Waals surface area contributed by atoms with E-state index in [1.807, 2.05) is 29.2 Å². The van der Waals surface area contributed by atoms with Crippen molar-refractivity contribution < 1.29 is 9.53 Å². The third kappa shape index (κ3) is 5.80. The Balaban J connectivity index is 1.43. The van der Waals surface area contributed by atoms with Crippen LogP contribution in [0.4, 0.5) is 5.13 Å². The molecule has 1 aromatic heterocycles. The number of fused-ring (bicyclic) bond motifs is 1. The summed E-state index contributed by atoms with van der Waals surface area (Å²) in [7, 11) is 0. The molecular formula is C24H27ClN2O2S2. The van der Waals surface area contributed by atoms with Crippen LogP contribution in [0.15, 0.2) is 41.3 Å². The summed E-state index contributed by atoms with van der Waals surface area (Å²) in [5.74, 6) is 1.01. The van der Waals surface area contributed by atoms with E-state index in [0.717, 1.165) is 52.0 Å². The third-order valence-corrected chi connectivity index (χ3v) is 7.94. The highest BCUT2D eigenvalue weighted by Gasteiger charge is 2.26. The lowest BCUT2D eigenvalue weighted by molar-refractivity contribution is -0.119. The van der Waals surface area contributed by atoms with Gasteiger partial charge in [-0.15, -0.1) is 11.8 Å². The Bertz CT molecular complexity index is 1010. The Hall–Kier alpha value is -1.60. The van der Waals surface area contributed by atoms with E-state index in [2.05, 4.69) is 26.0 Å². The van der Waals surface area contributed by atoms with Crippen LogP contribution >= 0.6 is 34.7 Å². The lowest BCUT2D eigenvalue weighted by atomic mass is 10.1. The highest BCUT2D eigenvalue weighted by atomic mass is 35.5. The number of hydrogen-bond donors (Lipinski definition) is 0. The number of ether oxygens (including phenoxy) is 1. The number of halogens is 1. The van der Waals surface area contributed by atoms with Gasteiger partial charge in [0.25, 0.3) is 0 Å². The molecule has 3 aromatic rings. The number of rotatable bonds is 8. The molecule has 0 saturated carbocycles. The van der Waals surface area contributed by atoms with Crippen LogP contribution in [0.1, 0.15) is 36.8 Å². The highest BCUT2D eigenvalue weighted by Crippen LogP contribution is 2.32. The second-order valence-corrected chi connectivity index (χ2v) is 10.6. The van der Waals surface area contributed by atoms with E-state index in [-0.39, 0.29) is 12.0 Å². The van der Waals surface area contributed by atoms with Crippen molar-refractivity contribution in [3.05, 3.63) is 52.5 Å². The summed E-state index contributed by atoms with van der Waals surface area (Å²) in [5.41, 5.74) is 3.44. The highest BCUT2D eigenvalue weighted by molar-refractivity contribution is 7.99.